The van der Waals surface area contributed by atoms with Crippen LogP contribution in [0.1, 0.15) is 25.3 Å². The average molecular weight is 496 g/mol. The maximum absolute atomic E-state index is 12.9. The number of hydrogen-bond donors (Lipinski definition) is 9. The van der Waals surface area contributed by atoms with Crippen molar-refractivity contribution in [3.05, 3.63) is 29.8 Å². The third kappa shape index (κ3) is 10.7. The van der Waals surface area contributed by atoms with Crippen LogP contribution in [-0.4, -0.2) is 82.3 Å². The fourth-order valence-corrected chi connectivity index (χ4v) is 2.88. The molecule has 0 aliphatic heterocycles. The van der Waals surface area contributed by atoms with Crippen LogP contribution in [0.5, 0.6) is 5.75 Å². The van der Waals surface area contributed by atoms with Crippen LogP contribution in [0.25, 0.3) is 0 Å². The number of carbonyl (C=O) groups is 4. The fourth-order valence-electron chi connectivity index (χ4n) is 2.88. The molecule has 0 aromatic heterocycles. The van der Waals surface area contributed by atoms with Gasteiger partial charge in [0.15, 0.2) is 5.96 Å². The van der Waals surface area contributed by atoms with Crippen molar-refractivity contribution < 1.29 is 34.5 Å². The number of aliphatic imine (C=N–C) groups is 1. The summed E-state index contributed by atoms with van der Waals surface area (Å²) >= 11 is 0. The van der Waals surface area contributed by atoms with E-state index in [2.05, 4.69) is 20.9 Å². The lowest BCUT2D eigenvalue weighted by molar-refractivity contribution is -0.142. The minimum Gasteiger partial charge on any atom is -0.508 e. The number of carboxylic acids is 1. The lowest BCUT2D eigenvalue weighted by atomic mass is 10.0. The van der Waals surface area contributed by atoms with E-state index in [9.17, 15) is 34.5 Å². The van der Waals surface area contributed by atoms with Gasteiger partial charge < -0.3 is 48.5 Å². The first-order valence-corrected chi connectivity index (χ1v) is 10.8. The van der Waals surface area contributed by atoms with Gasteiger partial charge in [0.05, 0.1) is 12.6 Å². The maximum Gasteiger partial charge on any atom is 0.326 e. The molecule has 14 nitrogen and oxygen atoms in total. The number of rotatable bonds is 14. The topological polar surface area (TPSA) is 255 Å². The number of benzene rings is 1. The van der Waals surface area contributed by atoms with Gasteiger partial charge in [-0.2, -0.15) is 0 Å². The van der Waals surface area contributed by atoms with Gasteiger partial charge in [0.2, 0.25) is 17.7 Å². The summed E-state index contributed by atoms with van der Waals surface area (Å²) in [4.78, 5) is 52.8. The number of amides is 3. The highest BCUT2D eigenvalue weighted by molar-refractivity contribution is 5.94. The number of nitrogens with two attached hydrogens (primary N) is 3. The van der Waals surface area contributed by atoms with Crippen LogP contribution in [0.2, 0.25) is 0 Å². The second-order valence-corrected chi connectivity index (χ2v) is 7.81. The molecule has 3 amide bonds. The number of aliphatic carboxylic acids is 1. The zero-order chi connectivity index (χ0) is 26.5. The van der Waals surface area contributed by atoms with E-state index >= 15 is 0 Å². The number of nitrogens with zero attached hydrogens (tertiary/aromatic N) is 1. The van der Waals surface area contributed by atoms with Gasteiger partial charge in [-0.05, 0) is 37.5 Å². The third-order valence-corrected chi connectivity index (χ3v) is 4.80. The zero-order valence-corrected chi connectivity index (χ0v) is 19.3. The molecule has 0 saturated carbocycles. The number of phenolic OH excluding ortho intramolecular Hbond substituents is 1. The summed E-state index contributed by atoms with van der Waals surface area (Å²) in [6.45, 7) is 0.749. The SMILES string of the molecule is CC(N)C(=O)NC(Cc1ccc(O)cc1)C(=O)NC(CO)C(=O)NC(CCCN=C(N)N)C(=O)O. The van der Waals surface area contributed by atoms with Crippen molar-refractivity contribution in [2.75, 3.05) is 13.2 Å². The minimum absolute atomic E-state index is 0.00211. The number of aliphatic hydroxyl groups is 1. The number of carboxylic acid groups (broad SMARTS) is 1. The molecular formula is C21H33N7O7. The lowest BCUT2D eigenvalue weighted by Crippen LogP contribution is -2.58. The van der Waals surface area contributed by atoms with Gasteiger partial charge >= 0.3 is 5.97 Å². The Morgan fingerprint density at radius 1 is 0.943 bits per heavy atom. The van der Waals surface area contributed by atoms with Crippen molar-refractivity contribution in [1.29, 1.82) is 0 Å². The molecule has 35 heavy (non-hydrogen) atoms. The van der Waals surface area contributed by atoms with E-state index < -0.39 is 54.5 Å². The smallest absolute Gasteiger partial charge is 0.326 e. The molecule has 0 fully saturated rings. The second kappa shape index (κ2) is 14.4. The van der Waals surface area contributed by atoms with Crippen molar-refractivity contribution in [2.45, 2.75) is 50.4 Å². The number of aliphatic hydroxyl groups excluding tert-OH is 1. The molecule has 0 heterocycles. The predicted molar refractivity (Wildman–Crippen MR) is 126 cm³/mol. The molecule has 4 atom stereocenters. The second-order valence-electron chi connectivity index (χ2n) is 7.81. The molecule has 1 rings (SSSR count). The number of hydrogen-bond acceptors (Lipinski definition) is 8. The quantitative estimate of drug-likeness (QED) is 0.0712. The molecule has 194 valence electrons. The van der Waals surface area contributed by atoms with Crippen LogP contribution in [0, 0.1) is 0 Å². The molecule has 0 spiro atoms. The molecule has 0 aliphatic rings. The van der Waals surface area contributed by atoms with Crippen LogP contribution in [0.3, 0.4) is 0 Å². The van der Waals surface area contributed by atoms with Crippen molar-refractivity contribution in [3.63, 3.8) is 0 Å². The first kappa shape index (κ1) is 29.1. The molecule has 0 saturated heterocycles. The van der Waals surface area contributed by atoms with Crippen molar-refractivity contribution in [1.82, 2.24) is 16.0 Å². The number of aromatic hydroxyl groups is 1. The van der Waals surface area contributed by atoms with E-state index in [0.717, 1.165) is 0 Å². The van der Waals surface area contributed by atoms with Gasteiger partial charge in [-0.1, -0.05) is 12.1 Å². The summed E-state index contributed by atoms with van der Waals surface area (Å²) in [5.74, 6) is -3.82. The van der Waals surface area contributed by atoms with Crippen LogP contribution in [0.15, 0.2) is 29.3 Å². The molecule has 0 radical (unpaired) electrons. The van der Waals surface area contributed by atoms with Gasteiger partial charge in [0.25, 0.3) is 0 Å². The summed E-state index contributed by atoms with van der Waals surface area (Å²) in [5, 5.41) is 35.5. The monoisotopic (exact) mass is 495 g/mol. The zero-order valence-electron chi connectivity index (χ0n) is 19.3. The fraction of sp³-hybridized carbons (Fsp3) is 0.476. The lowest BCUT2D eigenvalue weighted by Gasteiger charge is -2.24. The van der Waals surface area contributed by atoms with E-state index in [1.165, 1.54) is 19.1 Å². The Morgan fingerprint density at radius 2 is 1.49 bits per heavy atom. The Bertz CT molecular complexity index is 902. The molecular weight excluding hydrogens is 462 g/mol. The maximum atomic E-state index is 12.9. The minimum atomic E-state index is -1.49. The summed E-state index contributed by atoms with van der Waals surface area (Å²) in [7, 11) is 0. The summed E-state index contributed by atoms with van der Waals surface area (Å²) in [6, 6.07) is 1.01. The van der Waals surface area contributed by atoms with E-state index in [4.69, 9.17) is 17.2 Å². The van der Waals surface area contributed by atoms with E-state index in [1.807, 2.05) is 0 Å². The highest BCUT2D eigenvalue weighted by Crippen LogP contribution is 2.12. The Kier molecular flexibility index (Phi) is 12.0. The molecule has 1 aromatic carbocycles. The highest BCUT2D eigenvalue weighted by Gasteiger charge is 2.29. The van der Waals surface area contributed by atoms with Gasteiger partial charge in [-0.3, -0.25) is 19.4 Å². The van der Waals surface area contributed by atoms with Gasteiger partial charge in [-0.25, -0.2) is 4.79 Å². The predicted octanol–water partition coefficient (Wildman–Crippen LogP) is -3.13. The van der Waals surface area contributed by atoms with Crippen LogP contribution >= 0.6 is 0 Å². The van der Waals surface area contributed by atoms with Crippen molar-refractivity contribution in [2.24, 2.45) is 22.2 Å². The molecule has 4 unspecified atom stereocenters. The van der Waals surface area contributed by atoms with Crippen LogP contribution in [-0.2, 0) is 25.6 Å². The summed E-state index contributed by atoms with van der Waals surface area (Å²) < 4.78 is 0. The average Bonchev–Trinajstić information content (AvgIpc) is 2.79. The Balaban J connectivity index is 2.89. The Morgan fingerprint density at radius 3 is 2.00 bits per heavy atom. The van der Waals surface area contributed by atoms with E-state index in [-0.39, 0.29) is 37.5 Å². The number of guanidine groups is 1. The van der Waals surface area contributed by atoms with Crippen LogP contribution in [0.4, 0.5) is 0 Å². The van der Waals surface area contributed by atoms with Gasteiger partial charge in [-0.15, -0.1) is 0 Å². The van der Waals surface area contributed by atoms with E-state index in [0.29, 0.717) is 5.56 Å². The highest BCUT2D eigenvalue weighted by atomic mass is 16.4. The third-order valence-electron chi connectivity index (χ3n) is 4.80. The normalized spacial score (nSPS) is 14.0. The first-order valence-electron chi connectivity index (χ1n) is 10.8. The van der Waals surface area contributed by atoms with Crippen molar-refractivity contribution in [3.8, 4) is 5.75 Å². The Labute approximate surface area is 201 Å². The number of nitrogens with one attached hydrogen (secondary N) is 3. The van der Waals surface area contributed by atoms with E-state index in [1.54, 1.807) is 12.1 Å². The van der Waals surface area contributed by atoms with Gasteiger partial charge in [0.1, 0.15) is 23.9 Å². The number of carbonyl (C=O) groups excluding carboxylic acids is 3. The summed E-state index contributed by atoms with van der Waals surface area (Å²) in [6.07, 6.45) is 0.244. The molecule has 14 heteroatoms. The van der Waals surface area contributed by atoms with Gasteiger partial charge in [0, 0.05) is 13.0 Å². The first-order chi connectivity index (χ1) is 16.4. The largest absolute Gasteiger partial charge is 0.508 e. The Hall–Kier alpha value is -3.91. The number of phenols is 1. The molecule has 1 aromatic rings. The van der Waals surface area contributed by atoms with Crippen molar-refractivity contribution >= 4 is 29.7 Å². The molecule has 12 N–H and O–H groups in total. The molecule has 0 bridgehead atoms. The van der Waals surface area contributed by atoms with Crippen LogP contribution < -0.4 is 33.2 Å². The standard InChI is InChI=1S/C21H33N7O7/c1-11(22)17(31)27-15(9-12-4-6-13(30)7-5-12)18(32)28-16(10-29)19(33)26-14(20(34)35)3-2-8-25-21(23)24/h4-7,11,14-16,29-30H,2-3,8-10,22H2,1H3,(H,26,33)(H,27,31)(H,28,32)(H,34,35)(H4,23,24,25). The molecule has 0 aliphatic carbocycles. The summed E-state index contributed by atoms with van der Waals surface area (Å²) in [5.41, 5.74) is 16.6.